The second kappa shape index (κ2) is 15.4. The lowest BCUT2D eigenvalue weighted by Crippen LogP contribution is -2.07. The van der Waals surface area contributed by atoms with Gasteiger partial charge in [0.15, 0.2) is 11.6 Å². The summed E-state index contributed by atoms with van der Waals surface area (Å²) in [5.74, 6) is 1.24. The zero-order valence-electron chi connectivity index (χ0n) is 45.0. The van der Waals surface area contributed by atoms with Gasteiger partial charge in [-0.05, 0) is 86.6 Å². The summed E-state index contributed by atoms with van der Waals surface area (Å²) < 4.78 is 92.0. The molecule has 0 saturated heterocycles. The van der Waals surface area contributed by atoms with E-state index in [1.165, 1.54) is 6.07 Å². The lowest BCUT2D eigenvalue weighted by Gasteiger charge is -2.16. The molecule has 0 fully saturated rings. The highest BCUT2D eigenvalue weighted by Crippen LogP contribution is 2.43. The van der Waals surface area contributed by atoms with E-state index in [9.17, 15) is 0 Å². The van der Waals surface area contributed by atoms with E-state index in [1.54, 1.807) is 12.1 Å². The number of aromatic nitrogens is 5. The summed E-state index contributed by atoms with van der Waals surface area (Å²) in [4.78, 5) is 15.8. The second-order valence-corrected chi connectivity index (χ2v) is 16.1. The molecule has 0 unspecified atom stereocenters. The van der Waals surface area contributed by atoms with Crippen molar-refractivity contribution in [2.24, 2.45) is 0 Å². The van der Waals surface area contributed by atoms with E-state index in [-0.39, 0.29) is 22.3 Å². The smallest absolute Gasteiger partial charge is 0.238 e. The van der Waals surface area contributed by atoms with Crippen LogP contribution in [0.25, 0.3) is 122 Å². The van der Waals surface area contributed by atoms with Crippen molar-refractivity contribution in [2.75, 3.05) is 0 Å². The van der Waals surface area contributed by atoms with Gasteiger partial charge in [-0.3, -0.25) is 4.57 Å². The molecular formula is C61H39N5. The predicted octanol–water partition coefficient (Wildman–Crippen LogP) is 15.6. The van der Waals surface area contributed by atoms with Gasteiger partial charge < -0.3 is 4.57 Å². The molecule has 13 aromatic rings. The molecule has 3 heterocycles. The average Bonchev–Trinajstić information content (AvgIpc) is 4.19. The Morgan fingerprint density at radius 2 is 0.803 bits per heavy atom. The van der Waals surface area contributed by atoms with Gasteiger partial charge in [0, 0.05) is 38.4 Å². The van der Waals surface area contributed by atoms with E-state index in [0.29, 0.717) is 28.8 Å². The van der Waals surface area contributed by atoms with Crippen molar-refractivity contribution >= 4 is 54.4 Å². The number of hydrogen-bond acceptors (Lipinski definition) is 3. The summed E-state index contributed by atoms with van der Waals surface area (Å²) >= 11 is 0. The Kier molecular flexibility index (Phi) is 6.70. The maximum atomic E-state index is 9.11. The third-order valence-electron chi connectivity index (χ3n) is 12.3. The first kappa shape index (κ1) is 28.7. The van der Waals surface area contributed by atoms with Crippen molar-refractivity contribution in [1.82, 2.24) is 24.1 Å². The number of rotatable bonds is 7. The molecule has 5 nitrogen and oxygen atoms in total. The quantitative estimate of drug-likeness (QED) is 0.160. The van der Waals surface area contributed by atoms with Crippen LogP contribution < -0.4 is 0 Å². The summed E-state index contributed by atoms with van der Waals surface area (Å²) in [5, 5.41) is 5.55. The minimum atomic E-state index is -0.562. The van der Waals surface area contributed by atoms with Crippen molar-refractivity contribution < 1.29 is 13.7 Å². The van der Waals surface area contributed by atoms with Gasteiger partial charge in [0.05, 0.1) is 35.8 Å². The van der Waals surface area contributed by atoms with Crippen molar-refractivity contribution in [1.29, 1.82) is 0 Å². The first-order valence-electron chi connectivity index (χ1n) is 26.5. The van der Waals surface area contributed by atoms with Crippen LogP contribution in [0, 0.1) is 0 Å². The van der Waals surface area contributed by atoms with Crippen LogP contribution in [0.1, 0.15) is 13.7 Å². The van der Waals surface area contributed by atoms with Gasteiger partial charge in [-0.15, -0.1) is 0 Å². The third kappa shape index (κ3) is 6.28. The Hall–Kier alpha value is -8.93. The Bertz CT molecular complexity index is 4450. The molecule has 0 aliphatic heterocycles. The fourth-order valence-corrected chi connectivity index (χ4v) is 9.30. The Morgan fingerprint density at radius 1 is 0.318 bits per heavy atom. The molecule has 66 heavy (non-hydrogen) atoms. The van der Waals surface area contributed by atoms with E-state index in [0.717, 1.165) is 71.1 Å². The first-order chi connectivity index (χ1) is 36.9. The van der Waals surface area contributed by atoms with E-state index in [2.05, 4.69) is 60.7 Å². The molecule has 308 valence electrons. The Morgan fingerprint density at radius 3 is 1.41 bits per heavy atom. The topological polar surface area (TPSA) is 48.5 Å². The monoisotopic (exact) mass is 851 g/mol. The zero-order chi connectivity index (χ0) is 52.3. The van der Waals surface area contributed by atoms with Crippen LogP contribution in [0.2, 0.25) is 0 Å². The fraction of sp³-hybridized carbons (Fsp3) is 0. The van der Waals surface area contributed by atoms with Gasteiger partial charge in [0.25, 0.3) is 0 Å². The highest BCUT2D eigenvalue weighted by Gasteiger charge is 2.24. The zero-order valence-corrected chi connectivity index (χ0v) is 35.0. The lowest BCUT2D eigenvalue weighted by molar-refractivity contribution is 0.953. The van der Waals surface area contributed by atoms with Crippen LogP contribution in [-0.4, -0.2) is 24.1 Å². The van der Waals surface area contributed by atoms with Gasteiger partial charge in [0.1, 0.15) is 0 Å². The van der Waals surface area contributed by atoms with E-state index >= 15 is 0 Å². The van der Waals surface area contributed by atoms with Crippen molar-refractivity contribution in [3.8, 4) is 67.8 Å². The summed E-state index contributed by atoms with van der Waals surface area (Å²) in [6, 6.07) is 52.5. The normalized spacial score (nSPS) is 13.8. The number of hydrogen-bond donors (Lipinski definition) is 0. The molecular weight excluding hydrogens is 803 g/mol. The van der Waals surface area contributed by atoms with Crippen LogP contribution in [0.4, 0.5) is 0 Å². The SMILES string of the molecule is [2H]c1c([2H])c([2H])c(-c2cc(-c3c([2H])c([2H])c([2H])c([2H])c3[2H])cc(-n3c4ccccc4c4ccc5c6ccccc6n(-c6nc(-c7ccccc7)nc(-c7ccc8cc(-c9ccccc9)ccc8c7)n6)c5c43)c2)c([2H])c1[2H]. The van der Waals surface area contributed by atoms with E-state index in [1.807, 2.05) is 106 Å². The molecule has 0 spiro atoms. The molecule has 0 aliphatic rings. The molecule has 0 radical (unpaired) electrons. The predicted molar refractivity (Wildman–Crippen MR) is 273 cm³/mol. The summed E-state index contributed by atoms with van der Waals surface area (Å²) in [6.45, 7) is 0. The van der Waals surface area contributed by atoms with Crippen molar-refractivity contribution in [3.05, 3.63) is 236 Å². The Labute approximate surface area is 395 Å². The minimum absolute atomic E-state index is 0.113. The maximum Gasteiger partial charge on any atom is 0.238 e. The number of benzene rings is 10. The van der Waals surface area contributed by atoms with E-state index < -0.39 is 60.4 Å². The minimum Gasteiger partial charge on any atom is -0.307 e. The molecule has 0 aliphatic carbocycles. The van der Waals surface area contributed by atoms with Crippen molar-refractivity contribution in [2.45, 2.75) is 0 Å². The van der Waals surface area contributed by atoms with Crippen LogP contribution in [-0.2, 0) is 0 Å². The van der Waals surface area contributed by atoms with Crippen LogP contribution in [0.5, 0.6) is 0 Å². The first-order valence-corrected chi connectivity index (χ1v) is 21.5. The standard InChI is InChI=1S/C61H39N5/c1-5-17-40(18-6-1)44-29-30-46-36-47(32-31-45(46)35-44)60-62-59(43-23-11-4-12-24-43)63-61(64-60)66-56-28-16-14-26-52(56)54-34-33-53-51-25-13-15-27-55(51)65(57(53)58(54)66)50-38-48(41-19-7-2-8-20-41)37-49(39-50)42-21-9-3-10-22-42/h1-39H/i2D,3D,7D,8D,9D,10D,19D,20D,21D,22D. The third-order valence-corrected chi connectivity index (χ3v) is 12.3. The number of fused-ring (bicyclic) bond motifs is 8. The highest BCUT2D eigenvalue weighted by atomic mass is 15.2. The molecule has 0 saturated carbocycles. The molecule has 0 N–H and O–H groups in total. The molecule has 0 amide bonds. The average molecular weight is 852 g/mol. The molecule has 3 aromatic heterocycles. The van der Waals surface area contributed by atoms with E-state index in [4.69, 9.17) is 28.7 Å². The molecule has 10 aromatic carbocycles. The van der Waals surface area contributed by atoms with Gasteiger partial charge in [-0.1, -0.05) is 194 Å². The van der Waals surface area contributed by atoms with Gasteiger partial charge in [-0.2, -0.15) is 9.97 Å². The summed E-state index contributed by atoms with van der Waals surface area (Å²) in [5.41, 5.74) is 7.31. The van der Waals surface area contributed by atoms with Gasteiger partial charge in [-0.25, -0.2) is 4.98 Å². The fourth-order valence-electron chi connectivity index (χ4n) is 9.30. The Balaban J connectivity index is 1.13. The highest BCUT2D eigenvalue weighted by molar-refractivity contribution is 6.23. The molecule has 0 bridgehead atoms. The summed E-state index contributed by atoms with van der Waals surface area (Å²) in [7, 11) is 0. The molecule has 5 heteroatoms. The van der Waals surface area contributed by atoms with Gasteiger partial charge in [0.2, 0.25) is 5.95 Å². The van der Waals surface area contributed by atoms with Crippen LogP contribution >= 0.6 is 0 Å². The number of para-hydroxylation sites is 2. The van der Waals surface area contributed by atoms with Crippen LogP contribution in [0.15, 0.2) is 236 Å². The molecule has 13 rings (SSSR count). The van der Waals surface area contributed by atoms with Crippen LogP contribution in [0.3, 0.4) is 0 Å². The largest absolute Gasteiger partial charge is 0.307 e. The second-order valence-electron chi connectivity index (χ2n) is 16.1. The van der Waals surface area contributed by atoms with Gasteiger partial charge >= 0.3 is 0 Å². The maximum absolute atomic E-state index is 9.11. The molecule has 0 atom stereocenters. The van der Waals surface area contributed by atoms with Crippen molar-refractivity contribution in [3.63, 3.8) is 0 Å². The lowest BCUT2D eigenvalue weighted by atomic mass is 9.98. The summed E-state index contributed by atoms with van der Waals surface area (Å²) in [6.07, 6.45) is 0. The number of nitrogens with zero attached hydrogens (tertiary/aromatic N) is 5.